The van der Waals surface area contributed by atoms with Crippen LogP contribution in [0.4, 0.5) is 4.79 Å². The van der Waals surface area contributed by atoms with Crippen LogP contribution in [0, 0.1) is 0 Å². The number of allylic oxidation sites excluding steroid dienone is 2. The molecular weight excluding hydrogens is 364 g/mol. The van der Waals surface area contributed by atoms with Gasteiger partial charge in [0.15, 0.2) is 0 Å². The van der Waals surface area contributed by atoms with E-state index < -0.39 is 17.6 Å². The zero-order valence-corrected chi connectivity index (χ0v) is 17.5. The quantitative estimate of drug-likeness (QED) is 0.820. The standard InChI is InChI=1S/C24H30N2O3/c1-6-16-12-19(13-17(16)7-2)25-22(27)21-15-26(23(28)29-24(3,4)5)14-18-10-8-9-11-20(18)21/h6-11,19,21H,1-2,12-15H2,3-5H3,(H,25,27). The number of fused-ring (bicyclic) bond motifs is 1. The van der Waals surface area contributed by atoms with Gasteiger partial charge < -0.3 is 15.0 Å². The first kappa shape index (κ1) is 20.9. The van der Waals surface area contributed by atoms with Gasteiger partial charge in [-0.25, -0.2) is 4.79 Å². The molecule has 0 radical (unpaired) electrons. The Hall–Kier alpha value is -2.82. The number of rotatable bonds is 4. The first-order valence-electron chi connectivity index (χ1n) is 10.0. The summed E-state index contributed by atoms with van der Waals surface area (Å²) in [7, 11) is 0. The molecule has 1 aliphatic carbocycles. The minimum absolute atomic E-state index is 0.0209. The molecule has 2 amide bonds. The fourth-order valence-electron chi connectivity index (χ4n) is 3.99. The maximum Gasteiger partial charge on any atom is 0.410 e. The van der Waals surface area contributed by atoms with Crippen molar-refractivity contribution in [2.24, 2.45) is 0 Å². The van der Waals surface area contributed by atoms with Crippen LogP contribution >= 0.6 is 0 Å². The average Bonchev–Trinajstić information content (AvgIpc) is 3.07. The molecule has 1 aromatic rings. The lowest BCUT2D eigenvalue weighted by atomic mass is 9.89. The summed E-state index contributed by atoms with van der Waals surface area (Å²) in [5, 5.41) is 3.17. The van der Waals surface area contributed by atoms with Crippen molar-refractivity contribution in [2.45, 2.75) is 57.7 Å². The Morgan fingerprint density at radius 3 is 2.34 bits per heavy atom. The van der Waals surface area contributed by atoms with Crippen molar-refractivity contribution in [2.75, 3.05) is 6.54 Å². The van der Waals surface area contributed by atoms with E-state index in [4.69, 9.17) is 4.74 Å². The number of nitrogens with one attached hydrogen (secondary N) is 1. The lowest BCUT2D eigenvalue weighted by molar-refractivity contribution is -0.123. The second-order valence-corrected chi connectivity index (χ2v) is 8.68. The van der Waals surface area contributed by atoms with Gasteiger partial charge in [-0.1, -0.05) is 49.6 Å². The third-order valence-electron chi connectivity index (χ3n) is 5.35. The molecule has 1 unspecified atom stereocenters. The summed E-state index contributed by atoms with van der Waals surface area (Å²) in [6.45, 7) is 14.0. The molecule has 1 aliphatic heterocycles. The summed E-state index contributed by atoms with van der Waals surface area (Å²) in [5.74, 6) is -0.489. The van der Waals surface area contributed by atoms with Gasteiger partial charge in [-0.05, 0) is 55.9 Å². The van der Waals surface area contributed by atoms with Crippen LogP contribution in [0.25, 0.3) is 0 Å². The van der Waals surface area contributed by atoms with Crippen molar-refractivity contribution in [1.82, 2.24) is 10.2 Å². The SMILES string of the molecule is C=CC1=C(C=C)CC(NC(=O)C2CN(C(=O)OC(C)(C)C)Cc3ccccc32)C1. The second kappa shape index (κ2) is 8.27. The third kappa shape index (κ3) is 4.78. The molecule has 0 bridgehead atoms. The molecule has 0 saturated carbocycles. The van der Waals surface area contributed by atoms with Crippen molar-refractivity contribution < 1.29 is 14.3 Å². The van der Waals surface area contributed by atoms with Crippen LogP contribution in [-0.4, -0.2) is 35.1 Å². The average molecular weight is 395 g/mol. The lowest BCUT2D eigenvalue weighted by Gasteiger charge is -2.35. The summed E-state index contributed by atoms with van der Waals surface area (Å²) in [4.78, 5) is 27.5. The monoisotopic (exact) mass is 394 g/mol. The molecule has 0 spiro atoms. The van der Waals surface area contributed by atoms with Crippen molar-refractivity contribution in [3.63, 3.8) is 0 Å². The summed E-state index contributed by atoms with van der Waals surface area (Å²) in [6.07, 6.45) is 4.78. The predicted octanol–water partition coefficient (Wildman–Crippen LogP) is 4.47. The van der Waals surface area contributed by atoms with Crippen LogP contribution in [-0.2, 0) is 16.1 Å². The fourth-order valence-corrected chi connectivity index (χ4v) is 3.99. The molecule has 0 saturated heterocycles. The summed E-state index contributed by atoms with van der Waals surface area (Å²) in [5.41, 5.74) is 3.63. The first-order valence-corrected chi connectivity index (χ1v) is 10.0. The minimum atomic E-state index is -0.580. The van der Waals surface area contributed by atoms with Crippen LogP contribution in [0.5, 0.6) is 0 Å². The van der Waals surface area contributed by atoms with Crippen molar-refractivity contribution in [1.29, 1.82) is 0 Å². The van der Waals surface area contributed by atoms with Crippen LogP contribution in [0.15, 0.2) is 60.7 Å². The molecule has 2 aliphatic rings. The Kier molecular flexibility index (Phi) is 5.96. The normalized spacial score (nSPS) is 19.6. The highest BCUT2D eigenvalue weighted by molar-refractivity contribution is 5.86. The summed E-state index contributed by atoms with van der Waals surface area (Å²) >= 11 is 0. The van der Waals surface area contributed by atoms with Crippen LogP contribution < -0.4 is 5.32 Å². The fraction of sp³-hybridized carbons (Fsp3) is 0.417. The van der Waals surface area contributed by atoms with Gasteiger partial charge in [-0.3, -0.25) is 4.79 Å². The predicted molar refractivity (Wildman–Crippen MR) is 114 cm³/mol. The first-order chi connectivity index (χ1) is 13.7. The minimum Gasteiger partial charge on any atom is -0.444 e. The highest BCUT2D eigenvalue weighted by Crippen LogP contribution is 2.32. The Morgan fingerprint density at radius 1 is 1.14 bits per heavy atom. The summed E-state index contributed by atoms with van der Waals surface area (Å²) < 4.78 is 5.54. The number of amides is 2. The van der Waals surface area contributed by atoms with Gasteiger partial charge in [0.05, 0.1) is 5.92 Å². The van der Waals surface area contributed by atoms with Gasteiger partial charge in [-0.15, -0.1) is 0 Å². The van der Waals surface area contributed by atoms with Crippen molar-refractivity contribution in [3.8, 4) is 0 Å². The van der Waals surface area contributed by atoms with Gasteiger partial charge in [0.1, 0.15) is 5.60 Å². The third-order valence-corrected chi connectivity index (χ3v) is 5.35. The number of carbonyl (C=O) groups excluding carboxylic acids is 2. The van der Waals surface area contributed by atoms with Gasteiger partial charge in [-0.2, -0.15) is 0 Å². The van der Waals surface area contributed by atoms with E-state index in [0.29, 0.717) is 13.1 Å². The molecule has 29 heavy (non-hydrogen) atoms. The second-order valence-electron chi connectivity index (χ2n) is 8.68. The van der Waals surface area contributed by atoms with E-state index in [0.717, 1.165) is 35.1 Å². The van der Waals surface area contributed by atoms with Crippen LogP contribution in [0.3, 0.4) is 0 Å². The molecule has 0 fully saturated rings. The molecule has 5 heteroatoms. The van der Waals surface area contributed by atoms with E-state index in [1.807, 2.05) is 57.2 Å². The van der Waals surface area contributed by atoms with E-state index in [1.54, 1.807) is 4.90 Å². The maximum absolute atomic E-state index is 13.2. The van der Waals surface area contributed by atoms with E-state index in [-0.39, 0.29) is 11.9 Å². The molecule has 154 valence electrons. The number of hydrogen-bond acceptors (Lipinski definition) is 3. The lowest BCUT2D eigenvalue weighted by Crippen LogP contribution is -2.47. The Balaban J connectivity index is 1.76. The molecule has 3 rings (SSSR count). The van der Waals surface area contributed by atoms with Crippen LogP contribution in [0.2, 0.25) is 0 Å². The van der Waals surface area contributed by atoms with E-state index in [1.165, 1.54) is 0 Å². The number of nitrogens with zero attached hydrogens (tertiary/aromatic N) is 1. The van der Waals surface area contributed by atoms with Crippen LogP contribution in [0.1, 0.15) is 50.7 Å². The maximum atomic E-state index is 13.2. The van der Waals surface area contributed by atoms with E-state index in [2.05, 4.69) is 18.5 Å². The number of hydrogen-bond donors (Lipinski definition) is 1. The summed E-state index contributed by atoms with van der Waals surface area (Å²) in [6, 6.07) is 7.83. The van der Waals surface area contributed by atoms with E-state index >= 15 is 0 Å². The number of benzene rings is 1. The van der Waals surface area contributed by atoms with Crippen molar-refractivity contribution >= 4 is 12.0 Å². The van der Waals surface area contributed by atoms with Gasteiger partial charge in [0.2, 0.25) is 5.91 Å². The molecule has 1 atom stereocenters. The topological polar surface area (TPSA) is 58.6 Å². The molecule has 1 heterocycles. The molecule has 0 aromatic heterocycles. The highest BCUT2D eigenvalue weighted by atomic mass is 16.6. The van der Waals surface area contributed by atoms with Gasteiger partial charge in [0, 0.05) is 19.1 Å². The zero-order chi connectivity index (χ0) is 21.2. The zero-order valence-electron chi connectivity index (χ0n) is 17.5. The number of carbonyl (C=O) groups is 2. The Morgan fingerprint density at radius 2 is 1.76 bits per heavy atom. The van der Waals surface area contributed by atoms with E-state index in [9.17, 15) is 9.59 Å². The highest BCUT2D eigenvalue weighted by Gasteiger charge is 2.35. The van der Waals surface area contributed by atoms with Crippen molar-refractivity contribution in [3.05, 3.63) is 71.8 Å². The Labute approximate surface area is 173 Å². The van der Waals surface area contributed by atoms with Gasteiger partial charge >= 0.3 is 6.09 Å². The molecule has 1 aromatic carbocycles. The molecule has 5 nitrogen and oxygen atoms in total. The largest absolute Gasteiger partial charge is 0.444 e. The van der Waals surface area contributed by atoms with Gasteiger partial charge in [0.25, 0.3) is 0 Å². The number of ether oxygens (including phenoxy) is 1. The Bertz CT molecular complexity index is 843. The molecular formula is C24H30N2O3. The smallest absolute Gasteiger partial charge is 0.410 e. The molecule has 1 N–H and O–H groups in total.